The molecule has 0 bridgehead atoms. The monoisotopic (exact) mass is 237 g/mol. The maximum Gasteiger partial charge on any atom is 0.150 e. The quantitative estimate of drug-likeness (QED) is 0.889. The van der Waals surface area contributed by atoms with Crippen LogP contribution < -0.4 is 5.73 Å². The van der Waals surface area contributed by atoms with Gasteiger partial charge in [-0.3, -0.25) is 4.57 Å². The lowest BCUT2D eigenvalue weighted by Gasteiger charge is -2.10. The van der Waals surface area contributed by atoms with Crippen LogP contribution in [0.4, 0.5) is 8.78 Å². The van der Waals surface area contributed by atoms with Crippen molar-refractivity contribution >= 4 is 0 Å². The van der Waals surface area contributed by atoms with Gasteiger partial charge in [0.05, 0.1) is 0 Å². The summed E-state index contributed by atoms with van der Waals surface area (Å²) in [5, 5.41) is 0. The van der Waals surface area contributed by atoms with E-state index in [-0.39, 0.29) is 12.2 Å². The lowest BCUT2D eigenvalue weighted by atomic mass is 10.2. The molecule has 2 N–H and O–H groups in total. The predicted octanol–water partition coefficient (Wildman–Crippen LogP) is 2.17. The van der Waals surface area contributed by atoms with Gasteiger partial charge in [0.25, 0.3) is 0 Å². The van der Waals surface area contributed by atoms with Crippen molar-refractivity contribution in [1.82, 2.24) is 9.55 Å². The van der Waals surface area contributed by atoms with Crippen LogP contribution in [-0.4, -0.2) is 9.55 Å². The molecule has 0 aliphatic carbocycles. The molecule has 1 heterocycles. The van der Waals surface area contributed by atoms with Gasteiger partial charge in [0.15, 0.2) is 11.6 Å². The second kappa shape index (κ2) is 4.63. The fourth-order valence-electron chi connectivity index (χ4n) is 1.77. The Morgan fingerprint density at radius 3 is 2.47 bits per heavy atom. The molecule has 0 saturated heterocycles. The molecule has 5 heteroatoms. The Morgan fingerprint density at radius 2 is 1.94 bits per heavy atom. The fraction of sp³-hybridized carbons (Fsp3) is 0.250. The van der Waals surface area contributed by atoms with E-state index in [4.69, 9.17) is 5.73 Å². The second-order valence-electron chi connectivity index (χ2n) is 3.68. The molecule has 2 rings (SSSR count). The number of aromatic nitrogens is 2. The highest BCUT2D eigenvalue weighted by Crippen LogP contribution is 2.21. The van der Waals surface area contributed by atoms with Gasteiger partial charge in [0.2, 0.25) is 0 Å². The zero-order chi connectivity index (χ0) is 12.4. The molecule has 0 aliphatic heterocycles. The predicted molar refractivity (Wildman–Crippen MR) is 60.7 cm³/mol. The third kappa shape index (κ3) is 2.06. The SMILES string of the molecule is CCc1nccn1-c1c(F)cc(CN)cc1F. The topological polar surface area (TPSA) is 43.8 Å². The van der Waals surface area contributed by atoms with Crippen LogP contribution in [0.2, 0.25) is 0 Å². The molecule has 0 amide bonds. The molecule has 0 atom stereocenters. The number of hydrogen-bond acceptors (Lipinski definition) is 2. The normalized spacial score (nSPS) is 10.8. The van der Waals surface area contributed by atoms with E-state index in [9.17, 15) is 8.78 Å². The lowest BCUT2D eigenvalue weighted by molar-refractivity contribution is 0.562. The minimum Gasteiger partial charge on any atom is -0.326 e. The minimum absolute atomic E-state index is 0.100. The molecular weight excluding hydrogens is 224 g/mol. The highest BCUT2D eigenvalue weighted by atomic mass is 19.1. The fourth-order valence-corrected chi connectivity index (χ4v) is 1.77. The first-order valence-corrected chi connectivity index (χ1v) is 5.38. The Kier molecular flexibility index (Phi) is 3.19. The highest BCUT2D eigenvalue weighted by molar-refractivity contribution is 5.39. The van der Waals surface area contributed by atoms with Gasteiger partial charge >= 0.3 is 0 Å². The molecule has 1 aromatic heterocycles. The number of hydrogen-bond donors (Lipinski definition) is 1. The van der Waals surface area contributed by atoms with Crippen molar-refractivity contribution in [2.24, 2.45) is 5.73 Å². The zero-order valence-corrected chi connectivity index (χ0v) is 9.45. The van der Waals surface area contributed by atoms with Crippen molar-refractivity contribution in [3.05, 3.63) is 47.5 Å². The van der Waals surface area contributed by atoms with E-state index >= 15 is 0 Å². The summed E-state index contributed by atoms with van der Waals surface area (Å²) in [5.74, 6) is -0.639. The van der Waals surface area contributed by atoms with Crippen molar-refractivity contribution in [3.8, 4) is 5.69 Å². The summed E-state index contributed by atoms with van der Waals surface area (Å²) in [7, 11) is 0. The number of imidazole rings is 1. The lowest BCUT2D eigenvalue weighted by Crippen LogP contribution is -2.07. The van der Waals surface area contributed by atoms with Crippen LogP contribution in [0.25, 0.3) is 5.69 Å². The standard InChI is InChI=1S/C12H13F2N3/c1-2-11-16-3-4-17(11)12-9(13)5-8(7-15)6-10(12)14/h3-6H,2,7,15H2,1H3. The molecule has 0 saturated carbocycles. The van der Waals surface area contributed by atoms with E-state index in [1.54, 1.807) is 6.20 Å². The Hall–Kier alpha value is -1.75. The molecule has 90 valence electrons. The van der Waals surface area contributed by atoms with E-state index in [0.29, 0.717) is 17.8 Å². The summed E-state index contributed by atoms with van der Waals surface area (Å²) in [6, 6.07) is 2.50. The number of benzene rings is 1. The first-order valence-electron chi connectivity index (χ1n) is 5.38. The third-order valence-electron chi connectivity index (χ3n) is 2.59. The van der Waals surface area contributed by atoms with Gasteiger partial charge in [0, 0.05) is 25.4 Å². The van der Waals surface area contributed by atoms with Crippen LogP contribution in [0.5, 0.6) is 0 Å². The van der Waals surface area contributed by atoms with Crippen LogP contribution in [-0.2, 0) is 13.0 Å². The maximum absolute atomic E-state index is 13.8. The van der Waals surface area contributed by atoms with Gasteiger partial charge in [-0.2, -0.15) is 0 Å². The number of nitrogens with zero attached hydrogens (tertiary/aromatic N) is 2. The van der Waals surface area contributed by atoms with Gasteiger partial charge in [-0.15, -0.1) is 0 Å². The first-order chi connectivity index (χ1) is 8.17. The first kappa shape index (κ1) is 11.7. The molecule has 0 radical (unpaired) electrons. The summed E-state index contributed by atoms with van der Waals surface area (Å²) in [4.78, 5) is 4.04. The van der Waals surface area contributed by atoms with Crippen LogP contribution in [0.3, 0.4) is 0 Å². The zero-order valence-electron chi connectivity index (χ0n) is 9.45. The van der Waals surface area contributed by atoms with E-state index in [0.717, 1.165) is 0 Å². The van der Waals surface area contributed by atoms with Crippen LogP contribution in [0.1, 0.15) is 18.3 Å². The molecule has 2 aromatic rings. The van der Waals surface area contributed by atoms with Crippen molar-refractivity contribution < 1.29 is 8.78 Å². The average Bonchev–Trinajstić information content (AvgIpc) is 2.76. The second-order valence-corrected chi connectivity index (χ2v) is 3.68. The summed E-state index contributed by atoms with van der Waals surface area (Å²) >= 11 is 0. The number of rotatable bonds is 3. The van der Waals surface area contributed by atoms with Crippen LogP contribution >= 0.6 is 0 Å². The van der Waals surface area contributed by atoms with E-state index in [2.05, 4.69) is 4.98 Å². The summed E-state index contributed by atoms with van der Waals surface area (Å²) < 4.78 is 29.1. The minimum atomic E-state index is -0.627. The molecule has 0 spiro atoms. The van der Waals surface area contributed by atoms with E-state index in [1.807, 2.05) is 6.92 Å². The molecule has 1 aromatic carbocycles. The third-order valence-corrected chi connectivity index (χ3v) is 2.59. The van der Waals surface area contributed by atoms with Gasteiger partial charge in [0.1, 0.15) is 11.5 Å². The Bertz CT molecular complexity index is 511. The Balaban J connectivity index is 2.60. The van der Waals surface area contributed by atoms with Crippen molar-refractivity contribution in [3.63, 3.8) is 0 Å². The highest BCUT2D eigenvalue weighted by Gasteiger charge is 2.14. The van der Waals surface area contributed by atoms with Crippen molar-refractivity contribution in [1.29, 1.82) is 0 Å². The van der Waals surface area contributed by atoms with Crippen molar-refractivity contribution in [2.75, 3.05) is 0 Å². The average molecular weight is 237 g/mol. The maximum atomic E-state index is 13.8. The van der Waals surface area contributed by atoms with Crippen molar-refractivity contribution in [2.45, 2.75) is 19.9 Å². The van der Waals surface area contributed by atoms with Gasteiger partial charge in [-0.05, 0) is 17.7 Å². The molecule has 0 fully saturated rings. The Labute approximate surface area is 97.9 Å². The smallest absolute Gasteiger partial charge is 0.150 e. The molecule has 3 nitrogen and oxygen atoms in total. The van der Waals surface area contributed by atoms with Crippen LogP contribution in [0, 0.1) is 11.6 Å². The van der Waals surface area contributed by atoms with Gasteiger partial charge in [-0.1, -0.05) is 6.92 Å². The molecule has 0 aliphatic rings. The number of nitrogens with two attached hydrogens (primary N) is 1. The molecule has 17 heavy (non-hydrogen) atoms. The van der Waals surface area contributed by atoms with Gasteiger partial charge in [-0.25, -0.2) is 13.8 Å². The molecule has 0 unspecified atom stereocenters. The van der Waals surface area contributed by atoms with E-state index < -0.39 is 11.6 Å². The molecular formula is C12H13F2N3. The van der Waals surface area contributed by atoms with E-state index in [1.165, 1.54) is 22.9 Å². The summed E-state index contributed by atoms with van der Waals surface area (Å²) in [6.45, 7) is 1.99. The number of halogens is 2. The Morgan fingerprint density at radius 1 is 1.29 bits per heavy atom. The van der Waals surface area contributed by atoms with Gasteiger partial charge < -0.3 is 5.73 Å². The van der Waals surface area contributed by atoms with Crippen LogP contribution in [0.15, 0.2) is 24.5 Å². The largest absolute Gasteiger partial charge is 0.326 e. The number of aryl methyl sites for hydroxylation is 1. The summed E-state index contributed by atoms with van der Waals surface area (Å²) in [5.41, 5.74) is 5.69. The summed E-state index contributed by atoms with van der Waals surface area (Å²) in [6.07, 6.45) is 3.67.